The highest BCUT2D eigenvalue weighted by molar-refractivity contribution is 5.84. The monoisotopic (exact) mass is 324 g/mol. The van der Waals surface area contributed by atoms with Crippen molar-refractivity contribution in [2.75, 3.05) is 13.7 Å². The number of nitrogens with one attached hydrogen (secondary N) is 2. The maximum absolute atomic E-state index is 13.5. The first-order valence-electron chi connectivity index (χ1n) is 8.37. The van der Waals surface area contributed by atoms with Gasteiger partial charge >= 0.3 is 0 Å². The first-order chi connectivity index (χ1) is 11.7. The molecule has 0 spiro atoms. The van der Waals surface area contributed by atoms with Gasteiger partial charge in [-0.1, -0.05) is 12.1 Å². The molecular weight excluding hydrogens is 303 g/mol. The van der Waals surface area contributed by atoms with E-state index in [2.05, 4.69) is 22.4 Å². The molecule has 3 aromatic rings. The van der Waals surface area contributed by atoms with Gasteiger partial charge in [-0.3, -0.25) is 0 Å². The zero-order chi connectivity index (χ0) is 16.5. The second-order valence-corrected chi connectivity index (χ2v) is 6.43. The minimum atomic E-state index is -0.173. The van der Waals surface area contributed by atoms with E-state index in [1.807, 2.05) is 24.4 Å². The van der Waals surface area contributed by atoms with Crippen molar-refractivity contribution >= 4 is 10.9 Å². The van der Waals surface area contributed by atoms with Gasteiger partial charge in [-0.05, 0) is 60.8 Å². The first kappa shape index (κ1) is 15.2. The maximum atomic E-state index is 13.5. The van der Waals surface area contributed by atoms with Crippen LogP contribution in [0.25, 0.3) is 10.9 Å². The molecule has 1 fully saturated rings. The summed E-state index contributed by atoms with van der Waals surface area (Å²) in [4.78, 5) is 3.24. The van der Waals surface area contributed by atoms with E-state index in [4.69, 9.17) is 4.74 Å². The number of methoxy groups -OCH3 is 1. The maximum Gasteiger partial charge on any atom is 0.123 e. The summed E-state index contributed by atoms with van der Waals surface area (Å²) in [6, 6.07) is 13.6. The number of aromatic amines is 1. The van der Waals surface area contributed by atoms with E-state index < -0.39 is 0 Å². The third-order valence-corrected chi connectivity index (χ3v) is 4.84. The second kappa shape index (κ2) is 6.29. The molecule has 0 radical (unpaired) electrons. The SMILES string of the molecule is COc1ccc(CCNC2CC2c2c[nH]c3ccc(F)cc23)cc1. The van der Waals surface area contributed by atoms with E-state index in [-0.39, 0.29) is 5.82 Å². The van der Waals surface area contributed by atoms with Crippen LogP contribution < -0.4 is 10.1 Å². The number of aromatic nitrogens is 1. The Bertz CT molecular complexity index is 840. The molecule has 4 rings (SSSR count). The summed E-state index contributed by atoms with van der Waals surface area (Å²) in [5.74, 6) is 1.20. The summed E-state index contributed by atoms with van der Waals surface area (Å²) in [7, 11) is 1.68. The summed E-state index contributed by atoms with van der Waals surface area (Å²) < 4.78 is 18.7. The molecule has 4 heteroatoms. The minimum Gasteiger partial charge on any atom is -0.497 e. The fourth-order valence-electron chi connectivity index (χ4n) is 3.38. The standard InChI is InChI=1S/C20H21FN2O/c1-24-15-5-2-13(3-6-15)8-9-22-20-11-17(20)18-12-23-19-7-4-14(21)10-16(18)19/h2-7,10,12,17,20,22-23H,8-9,11H2,1H3. The van der Waals surface area contributed by atoms with Gasteiger partial charge in [-0.2, -0.15) is 0 Å². The van der Waals surface area contributed by atoms with Crippen molar-refractivity contribution in [1.29, 1.82) is 0 Å². The lowest BCUT2D eigenvalue weighted by Gasteiger charge is -2.06. The van der Waals surface area contributed by atoms with Crippen LogP contribution in [0.3, 0.4) is 0 Å². The fourth-order valence-corrected chi connectivity index (χ4v) is 3.38. The average molecular weight is 324 g/mol. The molecule has 1 aliphatic carbocycles. The Morgan fingerprint density at radius 1 is 1.21 bits per heavy atom. The third kappa shape index (κ3) is 3.02. The van der Waals surface area contributed by atoms with Crippen LogP contribution >= 0.6 is 0 Å². The lowest BCUT2D eigenvalue weighted by Crippen LogP contribution is -2.20. The molecule has 1 saturated carbocycles. The molecule has 24 heavy (non-hydrogen) atoms. The summed E-state index contributed by atoms with van der Waals surface area (Å²) in [6.07, 6.45) is 4.14. The number of ether oxygens (including phenoxy) is 1. The largest absolute Gasteiger partial charge is 0.497 e. The molecule has 1 heterocycles. The van der Waals surface area contributed by atoms with Crippen LogP contribution in [0.15, 0.2) is 48.7 Å². The molecule has 0 bridgehead atoms. The molecule has 124 valence electrons. The highest BCUT2D eigenvalue weighted by atomic mass is 19.1. The molecule has 2 atom stereocenters. The van der Waals surface area contributed by atoms with E-state index in [0.29, 0.717) is 12.0 Å². The first-order valence-corrected chi connectivity index (χ1v) is 8.37. The lowest BCUT2D eigenvalue weighted by molar-refractivity contribution is 0.414. The molecule has 2 unspecified atom stereocenters. The quantitative estimate of drug-likeness (QED) is 0.719. The molecule has 0 saturated heterocycles. The zero-order valence-electron chi connectivity index (χ0n) is 13.7. The topological polar surface area (TPSA) is 37.0 Å². The Labute approximate surface area is 140 Å². The Morgan fingerprint density at radius 3 is 2.83 bits per heavy atom. The lowest BCUT2D eigenvalue weighted by atomic mass is 10.1. The van der Waals surface area contributed by atoms with Crippen LogP contribution in [0, 0.1) is 5.82 Å². The van der Waals surface area contributed by atoms with E-state index in [1.54, 1.807) is 13.2 Å². The second-order valence-electron chi connectivity index (χ2n) is 6.43. The third-order valence-electron chi connectivity index (χ3n) is 4.84. The Morgan fingerprint density at radius 2 is 2.04 bits per heavy atom. The molecule has 0 aliphatic heterocycles. The van der Waals surface area contributed by atoms with Gasteiger partial charge in [0, 0.05) is 29.1 Å². The van der Waals surface area contributed by atoms with Crippen molar-refractivity contribution in [1.82, 2.24) is 10.3 Å². The number of hydrogen-bond acceptors (Lipinski definition) is 2. The molecule has 3 nitrogen and oxygen atoms in total. The van der Waals surface area contributed by atoms with Gasteiger partial charge < -0.3 is 15.0 Å². The number of hydrogen-bond donors (Lipinski definition) is 2. The van der Waals surface area contributed by atoms with Crippen LogP contribution in [-0.4, -0.2) is 24.7 Å². The van der Waals surface area contributed by atoms with Gasteiger partial charge in [0.1, 0.15) is 11.6 Å². The van der Waals surface area contributed by atoms with Crippen molar-refractivity contribution < 1.29 is 9.13 Å². The van der Waals surface area contributed by atoms with Crippen molar-refractivity contribution in [3.63, 3.8) is 0 Å². The molecule has 2 aromatic carbocycles. The summed E-state index contributed by atoms with van der Waals surface area (Å²) >= 11 is 0. The Kier molecular flexibility index (Phi) is 3.98. The normalized spacial score (nSPS) is 19.6. The Hall–Kier alpha value is -2.33. The Balaban J connectivity index is 1.33. The summed E-state index contributed by atoms with van der Waals surface area (Å²) in [5.41, 5.74) is 3.54. The van der Waals surface area contributed by atoms with Crippen LogP contribution in [0.5, 0.6) is 5.75 Å². The van der Waals surface area contributed by atoms with E-state index in [9.17, 15) is 4.39 Å². The predicted molar refractivity (Wildman–Crippen MR) is 94.1 cm³/mol. The van der Waals surface area contributed by atoms with E-state index in [1.165, 1.54) is 17.2 Å². The van der Waals surface area contributed by atoms with Crippen molar-refractivity contribution in [2.24, 2.45) is 0 Å². The molecule has 1 aromatic heterocycles. The number of fused-ring (bicyclic) bond motifs is 1. The number of benzene rings is 2. The number of H-pyrrole nitrogens is 1. The van der Waals surface area contributed by atoms with Gasteiger partial charge in [0.05, 0.1) is 7.11 Å². The summed E-state index contributed by atoms with van der Waals surface area (Å²) in [6.45, 7) is 0.949. The van der Waals surface area contributed by atoms with Crippen molar-refractivity contribution in [2.45, 2.75) is 24.8 Å². The van der Waals surface area contributed by atoms with Crippen LogP contribution in [0.4, 0.5) is 4.39 Å². The summed E-state index contributed by atoms with van der Waals surface area (Å²) in [5, 5.41) is 4.63. The van der Waals surface area contributed by atoms with Crippen LogP contribution in [0.1, 0.15) is 23.5 Å². The van der Waals surface area contributed by atoms with E-state index in [0.717, 1.165) is 36.0 Å². The molecule has 2 N–H and O–H groups in total. The number of halogens is 1. The average Bonchev–Trinajstić information content (AvgIpc) is 3.25. The van der Waals surface area contributed by atoms with Gasteiger partial charge in [-0.25, -0.2) is 4.39 Å². The minimum absolute atomic E-state index is 0.173. The predicted octanol–water partition coefficient (Wildman–Crippen LogP) is 4.00. The van der Waals surface area contributed by atoms with Gasteiger partial charge in [0.25, 0.3) is 0 Å². The van der Waals surface area contributed by atoms with E-state index >= 15 is 0 Å². The highest BCUT2D eigenvalue weighted by Gasteiger charge is 2.39. The highest BCUT2D eigenvalue weighted by Crippen LogP contribution is 2.43. The zero-order valence-corrected chi connectivity index (χ0v) is 13.7. The van der Waals surface area contributed by atoms with Crippen LogP contribution in [0.2, 0.25) is 0 Å². The number of rotatable bonds is 6. The van der Waals surface area contributed by atoms with Gasteiger partial charge in [0.15, 0.2) is 0 Å². The van der Waals surface area contributed by atoms with Gasteiger partial charge in [-0.15, -0.1) is 0 Å². The smallest absolute Gasteiger partial charge is 0.123 e. The van der Waals surface area contributed by atoms with Crippen molar-refractivity contribution in [3.05, 3.63) is 65.6 Å². The van der Waals surface area contributed by atoms with Crippen molar-refractivity contribution in [3.8, 4) is 5.75 Å². The molecule has 0 amide bonds. The fraction of sp³-hybridized carbons (Fsp3) is 0.300. The van der Waals surface area contributed by atoms with Gasteiger partial charge in [0.2, 0.25) is 0 Å². The molecule has 1 aliphatic rings. The van der Waals surface area contributed by atoms with Crippen LogP contribution in [-0.2, 0) is 6.42 Å². The molecular formula is C20H21FN2O.